The van der Waals surface area contributed by atoms with Crippen LogP contribution in [0.25, 0.3) is 10.9 Å². The number of esters is 1. The van der Waals surface area contributed by atoms with Crippen molar-refractivity contribution in [2.75, 3.05) is 6.61 Å². The van der Waals surface area contributed by atoms with Crippen molar-refractivity contribution in [3.63, 3.8) is 0 Å². The number of nitrogens with zero attached hydrogens (tertiary/aromatic N) is 2. The van der Waals surface area contributed by atoms with Gasteiger partial charge in [0.1, 0.15) is 24.7 Å². The van der Waals surface area contributed by atoms with Gasteiger partial charge in [-0.25, -0.2) is 4.79 Å². The molecule has 7 nitrogen and oxygen atoms in total. The molecule has 8 heteroatoms. The first-order valence-corrected chi connectivity index (χ1v) is 11.5. The fraction of sp³-hybridized carbons (Fsp3) is 0.185. The number of aromatic nitrogens is 1. The van der Waals surface area contributed by atoms with E-state index in [0.717, 1.165) is 27.6 Å². The molecule has 0 saturated heterocycles. The van der Waals surface area contributed by atoms with Crippen LogP contribution in [0.5, 0.6) is 11.5 Å². The lowest BCUT2D eigenvalue weighted by Gasteiger charge is -2.13. The summed E-state index contributed by atoms with van der Waals surface area (Å²) >= 11 is 6.51. The van der Waals surface area contributed by atoms with Gasteiger partial charge >= 0.3 is 5.97 Å². The Balaban J connectivity index is 1.46. The third-order valence-electron chi connectivity index (χ3n) is 5.77. The van der Waals surface area contributed by atoms with E-state index in [4.69, 9.17) is 36.1 Å². The zero-order valence-electron chi connectivity index (χ0n) is 18.9. The topological polar surface area (TPSA) is 82.7 Å². The van der Waals surface area contributed by atoms with Gasteiger partial charge in [-0.2, -0.15) is 10.1 Å². The maximum Gasteiger partial charge on any atom is 0.354 e. The second-order valence-corrected chi connectivity index (χ2v) is 8.46. The summed E-state index contributed by atoms with van der Waals surface area (Å²) in [5.74, 6) is 0.859. The van der Waals surface area contributed by atoms with Crippen molar-refractivity contribution >= 4 is 28.5 Å². The van der Waals surface area contributed by atoms with Crippen molar-refractivity contribution in [2.24, 2.45) is 0 Å². The van der Waals surface area contributed by atoms with E-state index in [1.54, 1.807) is 31.2 Å². The van der Waals surface area contributed by atoms with E-state index in [0.29, 0.717) is 47.5 Å². The predicted molar refractivity (Wildman–Crippen MR) is 129 cm³/mol. The van der Waals surface area contributed by atoms with Crippen LogP contribution in [0.1, 0.15) is 39.7 Å². The SMILES string of the molecule is CCOC(=O)c1cc2cc(OCc3ccc(C#N)cc3)ccc2n1Cc1cc2c(cc1Cl)OOC2. The zero-order chi connectivity index (χ0) is 24.4. The van der Waals surface area contributed by atoms with Crippen LogP contribution in [-0.2, 0) is 29.4 Å². The van der Waals surface area contributed by atoms with Gasteiger partial charge in [-0.3, -0.25) is 0 Å². The number of fused-ring (bicyclic) bond motifs is 2. The number of hydrogen-bond donors (Lipinski definition) is 0. The molecule has 0 saturated carbocycles. The van der Waals surface area contributed by atoms with Gasteiger partial charge in [0.2, 0.25) is 0 Å². The first-order valence-electron chi connectivity index (χ1n) is 11.1. The van der Waals surface area contributed by atoms with Crippen LogP contribution < -0.4 is 9.62 Å². The van der Waals surface area contributed by atoms with Crippen LogP contribution in [0.3, 0.4) is 0 Å². The summed E-state index contributed by atoms with van der Waals surface area (Å²) < 4.78 is 13.2. The summed E-state index contributed by atoms with van der Waals surface area (Å²) in [6.07, 6.45) is 0. The molecule has 0 radical (unpaired) electrons. The molecule has 0 bridgehead atoms. The normalized spacial score (nSPS) is 12.1. The fourth-order valence-corrected chi connectivity index (χ4v) is 4.23. The molecule has 0 spiro atoms. The van der Waals surface area contributed by atoms with E-state index in [1.165, 1.54) is 0 Å². The van der Waals surface area contributed by atoms with Crippen molar-refractivity contribution in [3.05, 3.63) is 93.6 Å². The maximum absolute atomic E-state index is 12.8. The molecule has 0 amide bonds. The van der Waals surface area contributed by atoms with E-state index < -0.39 is 5.97 Å². The number of halogens is 1. The molecule has 1 aromatic heterocycles. The number of benzene rings is 3. The first-order chi connectivity index (χ1) is 17.1. The van der Waals surface area contributed by atoms with Crippen molar-refractivity contribution in [2.45, 2.75) is 26.7 Å². The largest absolute Gasteiger partial charge is 0.489 e. The van der Waals surface area contributed by atoms with Crippen LogP contribution in [0, 0.1) is 11.3 Å². The van der Waals surface area contributed by atoms with Gasteiger partial charge < -0.3 is 18.9 Å². The second-order valence-electron chi connectivity index (χ2n) is 8.05. The van der Waals surface area contributed by atoms with E-state index >= 15 is 0 Å². The lowest BCUT2D eigenvalue weighted by Crippen LogP contribution is -2.13. The number of carbonyl (C=O) groups excluding carboxylic acids is 1. The van der Waals surface area contributed by atoms with Crippen molar-refractivity contribution in [1.82, 2.24) is 4.57 Å². The molecule has 0 unspecified atom stereocenters. The van der Waals surface area contributed by atoms with E-state index in [2.05, 4.69) is 6.07 Å². The molecular formula is C27H21ClN2O5. The van der Waals surface area contributed by atoms with Crippen LogP contribution in [0.15, 0.2) is 60.7 Å². The van der Waals surface area contributed by atoms with E-state index in [1.807, 2.05) is 41.0 Å². The Labute approximate surface area is 206 Å². The smallest absolute Gasteiger partial charge is 0.354 e. The monoisotopic (exact) mass is 488 g/mol. The highest BCUT2D eigenvalue weighted by Crippen LogP contribution is 2.34. The Hall–Kier alpha value is -3.99. The molecule has 5 rings (SSSR count). The maximum atomic E-state index is 12.8. The van der Waals surface area contributed by atoms with Crippen molar-refractivity contribution in [1.29, 1.82) is 5.26 Å². The highest BCUT2D eigenvalue weighted by Gasteiger charge is 2.21. The Kier molecular flexibility index (Phi) is 6.32. The lowest BCUT2D eigenvalue weighted by molar-refractivity contribution is -0.194. The van der Waals surface area contributed by atoms with Crippen LogP contribution in [-0.4, -0.2) is 17.1 Å². The minimum atomic E-state index is -0.410. The van der Waals surface area contributed by atoms with E-state index in [-0.39, 0.29) is 6.61 Å². The molecule has 1 aliphatic heterocycles. The Morgan fingerprint density at radius 1 is 1.14 bits per heavy atom. The Morgan fingerprint density at radius 3 is 2.74 bits per heavy atom. The summed E-state index contributed by atoms with van der Waals surface area (Å²) in [7, 11) is 0. The van der Waals surface area contributed by atoms with Gasteiger partial charge in [0.25, 0.3) is 0 Å². The van der Waals surface area contributed by atoms with Gasteiger partial charge in [-0.15, -0.1) is 0 Å². The molecule has 2 heterocycles. The van der Waals surface area contributed by atoms with Crippen LogP contribution in [0.2, 0.25) is 5.02 Å². The summed E-state index contributed by atoms with van der Waals surface area (Å²) in [5.41, 5.74) is 4.57. The average molecular weight is 489 g/mol. The van der Waals surface area contributed by atoms with Crippen LogP contribution in [0.4, 0.5) is 0 Å². The number of rotatable bonds is 7. The van der Waals surface area contributed by atoms with Crippen molar-refractivity contribution in [3.8, 4) is 17.6 Å². The highest BCUT2D eigenvalue weighted by molar-refractivity contribution is 6.31. The third kappa shape index (κ3) is 4.67. The molecular weight excluding hydrogens is 468 g/mol. The molecule has 0 atom stereocenters. The quantitative estimate of drug-likeness (QED) is 0.242. The predicted octanol–water partition coefficient (Wildman–Crippen LogP) is 5.79. The third-order valence-corrected chi connectivity index (χ3v) is 6.12. The Morgan fingerprint density at radius 2 is 1.97 bits per heavy atom. The van der Waals surface area contributed by atoms with Gasteiger partial charge in [-0.1, -0.05) is 23.7 Å². The molecule has 4 aromatic rings. The molecule has 0 aliphatic carbocycles. The first kappa shape index (κ1) is 22.8. The number of nitriles is 1. The minimum Gasteiger partial charge on any atom is -0.489 e. The average Bonchev–Trinajstić information content (AvgIpc) is 3.47. The zero-order valence-corrected chi connectivity index (χ0v) is 19.7. The minimum absolute atomic E-state index is 0.271. The number of hydrogen-bond acceptors (Lipinski definition) is 6. The van der Waals surface area contributed by atoms with Gasteiger partial charge in [0.15, 0.2) is 5.75 Å². The summed E-state index contributed by atoms with van der Waals surface area (Å²) in [5, 5.41) is 10.3. The molecule has 1 aliphatic rings. The number of ether oxygens (including phenoxy) is 2. The standard InChI is InChI=1S/C27H21ClN2O5/c1-2-32-27(31)25-11-19-10-22(33-15-18-5-3-17(13-29)4-6-18)7-8-24(19)30(25)14-20-9-21-16-34-35-26(21)12-23(20)28/h3-12H,2,14-16H2,1H3. The summed E-state index contributed by atoms with van der Waals surface area (Å²) in [6.45, 7) is 3.12. The van der Waals surface area contributed by atoms with Gasteiger partial charge in [0, 0.05) is 34.1 Å². The highest BCUT2D eigenvalue weighted by atomic mass is 35.5. The molecule has 3 aromatic carbocycles. The lowest BCUT2D eigenvalue weighted by atomic mass is 10.1. The summed E-state index contributed by atoms with van der Waals surface area (Å²) in [4.78, 5) is 22.9. The Bertz CT molecular complexity index is 1450. The number of carbonyl (C=O) groups is 1. The molecule has 176 valence electrons. The van der Waals surface area contributed by atoms with Crippen molar-refractivity contribution < 1.29 is 24.0 Å². The molecule has 35 heavy (non-hydrogen) atoms. The fourth-order valence-electron chi connectivity index (χ4n) is 4.01. The molecule has 0 fully saturated rings. The molecule has 0 N–H and O–H groups in total. The summed E-state index contributed by atoms with van der Waals surface area (Å²) in [6, 6.07) is 20.5. The van der Waals surface area contributed by atoms with E-state index in [9.17, 15) is 4.79 Å². The van der Waals surface area contributed by atoms with Crippen LogP contribution >= 0.6 is 11.6 Å². The van der Waals surface area contributed by atoms with Gasteiger partial charge in [0.05, 0.1) is 18.2 Å². The second kappa shape index (κ2) is 9.71. The van der Waals surface area contributed by atoms with Gasteiger partial charge in [-0.05, 0) is 60.5 Å².